The zero-order valence-electron chi connectivity index (χ0n) is 20.4. The topological polar surface area (TPSA) is 84.9 Å². The number of rotatable bonds is 6. The Hall–Kier alpha value is -4.91. The average molecular weight is 493 g/mol. The predicted octanol–water partition coefficient (Wildman–Crippen LogP) is 5.40. The number of nitrogens with one attached hydrogen (secondary N) is 1. The number of nitrogens with zero attached hydrogens (tertiary/aromatic N) is 1. The molecule has 1 N–H and O–H groups in total. The molecule has 0 aliphatic carbocycles. The molecule has 37 heavy (non-hydrogen) atoms. The lowest BCUT2D eigenvalue weighted by atomic mass is 10.0. The van der Waals surface area contributed by atoms with Crippen LogP contribution in [0.25, 0.3) is 16.8 Å². The Morgan fingerprint density at radius 2 is 1.59 bits per heavy atom. The van der Waals surface area contributed by atoms with E-state index in [0.717, 1.165) is 26.8 Å². The van der Waals surface area contributed by atoms with Gasteiger partial charge in [-0.3, -0.25) is 14.9 Å². The predicted molar refractivity (Wildman–Crippen MR) is 141 cm³/mol. The van der Waals surface area contributed by atoms with E-state index in [1.54, 1.807) is 42.5 Å². The molecular formula is C30H24N2O5. The fraction of sp³-hybridized carbons (Fsp3) is 0.100. The smallest absolute Gasteiger partial charge is 0.335 e. The van der Waals surface area contributed by atoms with Crippen LogP contribution in [0.3, 0.4) is 0 Å². The SMILES string of the molecule is COc1ccc(N2C(=O)NC(=O)/C(=C\c3ccccc3OCc3c(C)ccc4ccccc34)C2=O)cc1. The van der Waals surface area contributed by atoms with E-state index in [1.807, 2.05) is 25.1 Å². The Kier molecular flexibility index (Phi) is 6.43. The van der Waals surface area contributed by atoms with Crippen molar-refractivity contribution in [1.29, 1.82) is 0 Å². The van der Waals surface area contributed by atoms with E-state index < -0.39 is 17.8 Å². The lowest BCUT2D eigenvalue weighted by molar-refractivity contribution is -0.122. The second-order valence-electron chi connectivity index (χ2n) is 8.56. The molecule has 0 radical (unpaired) electrons. The van der Waals surface area contributed by atoms with Crippen LogP contribution in [0.5, 0.6) is 11.5 Å². The number of para-hydroxylation sites is 1. The van der Waals surface area contributed by atoms with Crippen LogP contribution in [0.15, 0.2) is 90.5 Å². The van der Waals surface area contributed by atoms with Crippen molar-refractivity contribution in [3.8, 4) is 11.5 Å². The number of methoxy groups -OCH3 is 1. The molecule has 7 heteroatoms. The van der Waals surface area contributed by atoms with Crippen molar-refractivity contribution in [2.24, 2.45) is 0 Å². The van der Waals surface area contributed by atoms with E-state index in [2.05, 4.69) is 29.6 Å². The fourth-order valence-electron chi connectivity index (χ4n) is 4.30. The average Bonchev–Trinajstić information content (AvgIpc) is 2.91. The van der Waals surface area contributed by atoms with Gasteiger partial charge >= 0.3 is 6.03 Å². The summed E-state index contributed by atoms with van der Waals surface area (Å²) in [4.78, 5) is 39.4. The lowest BCUT2D eigenvalue weighted by Crippen LogP contribution is -2.54. The quantitative estimate of drug-likeness (QED) is 0.288. The third kappa shape index (κ3) is 4.67. The molecule has 1 aliphatic rings. The first-order chi connectivity index (χ1) is 18.0. The first kappa shape index (κ1) is 23.8. The molecule has 4 aromatic rings. The van der Waals surface area contributed by atoms with Gasteiger partial charge in [0.2, 0.25) is 0 Å². The number of amides is 4. The van der Waals surface area contributed by atoms with Gasteiger partial charge in [0.15, 0.2) is 0 Å². The summed E-state index contributed by atoms with van der Waals surface area (Å²) in [7, 11) is 1.52. The first-order valence-electron chi connectivity index (χ1n) is 11.7. The molecule has 0 unspecified atom stereocenters. The summed E-state index contributed by atoms with van der Waals surface area (Å²) in [6, 6.07) is 25.0. The third-order valence-corrected chi connectivity index (χ3v) is 6.30. The molecule has 7 nitrogen and oxygen atoms in total. The van der Waals surface area contributed by atoms with Gasteiger partial charge in [-0.2, -0.15) is 0 Å². The number of ether oxygens (including phenoxy) is 2. The summed E-state index contributed by atoms with van der Waals surface area (Å²) >= 11 is 0. The van der Waals surface area contributed by atoms with Gasteiger partial charge in [0, 0.05) is 11.1 Å². The fourth-order valence-corrected chi connectivity index (χ4v) is 4.30. The number of aryl methyl sites for hydroxylation is 1. The molecule has 5 rings (SSSR count). The van der Waals surface area contributed by atoms with Crippen LogP contribution in [-0.4, -0.2) is 25.0 Å². The molecule has 1 heterocycles. The maximum atomic E-state index is 13.3. The van der Waals surface area contributed by atoms with E-state index in [0.29, 0.717) is 29.4 Å². The van der Waals surface area contributed by atoms with Gasteiger partial charge in [0.1, 0.15) is 23.7 Å². The van der Waals surface area contributed by atoms with E-state index in [4.69, 9.17) is 9.47 Å². The zero-order valence-corrected chi connectivity index (χ0v) is 20.4. The molecule has 0 atom stereocenters. The molecule has 4 amide bonds. The normalized spacial score (nSPS) is 14.7. The number of carbonyl (C=O) groups is 3. The molecule has 0 bridgehead atoms. The number of anilines is 1. The standard InChI is InChI=1S/C30H24N2O5/c1-19-11-12-20-7-3-5-9-24(20)26(19)18-37-27-10-6-4-8-21(27)17-25-28(33)31-30(35)32(29(25)34)22-13-15-23(36-2)16-14-22/h3-17H,18H2,1-2H3,(H,31,33,35)/b25-17+. The van der Waals surface area contributed by atoms with Crippen molar-refractivity contribution in [2.75, 3.05) is 12.0 Å². The summed E-state index contributed by atoms with van der Waals surface area (Å²) in [6.07, 6.45) is 1.45. The molecular weight excluding hydrogens is 468 g/mol. The van der Waals surface area contributed by atoms with Crippen molar-refractivity contribution in [2.45, 2.75) is 13.5 Å². The molecule has 0 aromatic heterocycles. The molecule has 4 aromatic carbocycles. The second kappa shape index (κ2) is 9.99. The molecule has 1 aliphatic heterocycles. The van der Waals surface area contributed by atoms with Gasteiger partial charge in [-0.05, 0) is 59.7 Å². The Bertz CT molecular complexity index is 1560. The van der Waals surface area contributed by atoms with Crippen LogP contribution in [0.1, 0.15) is 16.7 Å². The van der Waals surface area contributed by atoms with Crippen molar-refractivity contribution in [3.05, 3.63) is 107 Å². The van der Waals surface area contributed by atoms with Crippen molar-refractivity contribution >= 4 is 40.4 Å². The summed E-state index contributed by atoms with van der Waals surface area (Å²) in [6.45, 7) is 2.35. The summed E-state index contributed by atoms with van der Waals surface area (Å²) in [5, 5.41) is 4.47. The van der Waals surface area contributed by atoms with E-state index >= 15 is 0 Å². The van der Waals surface area contributed by atoms with Gasteiger partial charge in [-0.1, -0.05) is 54.6 Å². The number of barbiturate groups is 1. The number of carbonyl (C=O) groups excluding carboxylic acids is 3. The zero-order chi connectivity index (χ0) is 25.9. The van der Waals surface area contributed by atoms with Gasteiger partial charge < -0.3 is 9.47 Å². The van der Waals surface area contributed by atoms with Crippen molar-refractivity contribution < 1.29 is 23.9 Å². The van der Waals surface area contributed by atoms with Crippen LogP contribution in [0.4, 0.5) is 10.5 Å². The monoisotopic (exact) mass is 492 g/mol. The van der Waals surface area contributed by atoms with Crippen LogP contribution < -0.4 is 19.7 Å². The van der Waals surface area contributed by atoms with E-state index in [1.165, 1.54) is 13.2 Å². The first-order valence-corrected chi connectivity index (χ1v) is 11.7. The molecule has 1 fully saturated rings. The number of hydrogen-bond donors (Lipinski definition) is 1. The summed E-state index contributed by atoms with van der Waals surface area (Å²) in [5.74, 6) is -0.401. The number of benzene rings is 4. The Labute approximate surface area is 213 Å². The van der Waals surface area contributed by atoms with Crippen LogP contribution in [0, 0.1) is 6.92 Å². The largest absolute Gasteiger partial charge is 0.497 e. The minimum atomic E-state index is -0.812. The summed E-state index contributed by atoms with van der Waals surface area (Å²) < 4.78 is 11.3. The second-order valence-corrected chi connectivity index (χ2v) is 8.56. The lowest BCUT2D eigenvalue weighted by Gasteiger charge is -2.26. The molecule has 0 saturated carbocycles. The highest BCUT2D eigenvalue weighted by Crippen LogP contribution is 2.29. The molecule has 0 spiro atoms. The van der Waals surface area contributed by atoms with E-state index in [9.17, 15) is 14.4 Å². The Morgan fingerprint density at radius 3 is 2.38 bits per heavy atom. The minimum absolute atomic E-state index is 0.173. The van der Waals surface area contributed by atoms with Gasteiger partial charge in [0.25, 0.3) is 11.8 Å². The molecule has 1 saturated heterocycles. The van der Waals surface area contributed by atoms with Crippen LogP contribution >= 0.6 is 0 Å². The highest BCUT2D eigenvalue weighted by Gasteiger charge is 2.37. The van der Waals surface area contributed by atoms with Crippen molar-refractivity contribution in [1.82, 2.24) is 5.32 Å². The maximum Gasteiger partial charge on any atom is 0.335 e. The highest BCUT2D eigenvalue weighted by atomic mass is 16.5. The van der Waals surface area contributed by atoms with Gasteiger partial charge in [-0.25, -0.2) is 9.69 Å². The maximum absolute atomic E-state index is 13.3. The third-order valence-electron chi connectivity index (χ3n) is 6.30. The van der Waals surface area contributed by atoms with Crippen LogP contribution in [-0.2, 0) is 16.2 Å². The van der Waals surface area contributed by atoms with Crippen LogP contribution in [0.2, 0.25) is 0 Å². The van der Waals surface area contributed by atoms with E-state index in [-0.39, 0.29) is 5.57 Å². The number of fused-ring (bicyclic) bond motifs is 1. The highest BCUT2D eigenvalue weighted by molar-refractivity contribution is 6.39. The van der Waals surface area contributed by atoms with Gasteiger partial charge in [-0.15, -0.1) is 0 Å². The minimum Gasteiger partial charge on any atom is -0.497 e. The Morgan fingerprint density at radius 1 is 0.865 bits per heavy atom. The summed E-state index contributed by atoms with van der Waals surface area (Å²) in [5.41, 5.74) is 2.85. The number of urea groups is 1. The number of imide groups is 2. The molecule has 184 valence electrons. The number of hydrogen-bond acceptors (Lipinski definition) is 5. The van der Waals surface area contributed by atoms with Crippen molar-refractivity contribution in [3.63, 3.8) is 0 Å². The Balaban J connectivity index is 1.46. The van der Waals surface area contributed by atoms with Gasteiger partial charge in [0.05, 0.1) is 12.8 Å².